The number of hydrogen-bond acceptors (Lipinski definition) is 9. The molecule has 0 saturated carbocycles. The van der Waals surface area contributed by atoms with Crippen molar-refractivity contribution >= 4 is 23.1 Å². The fourth-order valence-corrected chi connectivity index (χ4v) is 4.38. The number of fused-ring (bicyclic) bond motifs is 1. The number of ether oxygens (including phenoxy) is 1. The van der Waals surface area contributed by atoms with Gasteiger partial charge in [-0.05, 0) is 38.8 Å². The van der Waals surface area contributed by atoms with E-state index in [1.165, 1.54) is 6.20 Å². The lowest BCUT2D eigenvalue weighted by Crippen LogP contribution is -2.44. The number of nitriles is 1. The summed E-state index contributed by atoms with van der Waals surface area (Å²) in [5.41, 5.74) is 5.90. The van der Waals surface area contributed by atoms with Crippen LogP contribution in [0.1, 0.15) is 37.9 Å². The maximum atomic E-state index is 13.8. The lowest BCUT2D eigenvalue weighted by atomic mass is 10.1. The lowest BCUT2D eigenvalue weighted by Gasteiger charge is -2.31. The van der Waals surface area contributed by atoms with Crippen molar-refractivity contribution in [2.24, 2.45) is 5.73 Å². The zero-order valence-corrected chi connectivity index (χ0v) is 20.8. The summed E-state index contributed by atoms with van der Waals surface area (Å²) in [5.74, 6) is 5.66. The molecule has 12 heteroatoms. The van der Waals surface area contributed by atoms with Crippen molar-refractivity contribution in [2.75, 3.05) is 24.6 Å². The Bertz CT molecular complexity index is 1530. The number of pyridine rings is 1. The molecule has 12 nitrogen and oxygen atoms in total. The van der Waals surface area contributed by atoms with Gasteiger partial charge in [0.05, 0.1) is 31.0 Å². The SMILES string of the molecule is CC#CCn1c(N2CCCC(N)C2)nc2c1c(=O)n(Cc1ccc(C#N)cn1)c(=O)n2CC(=O)OCC. The van der Waals surface area contributed by atoms with Gasteiger partial charge in [0.2, 0.25) is 5.95 Å². The van der Waals surface area contributed by atoms with Gasteiger partial charge >= 0.3 is 11.7 Å². The normalized spacial score (nSPS) is 15.2. The van der Waals surface area contributed by atoms with Gasteiger partial charge in [0.1, 0.15) is 12.6 Å². The molecule has 1 aliphatic rings. The zero-order chi connectivity index (χ0) is 26.5. The van der Waals surface area contributed by atoms with Crippen LogP contribution in [0.2, 0.25) is 0 Å². The predicted octanol–water partition coefficient (Wildman–Crippen LogP) is 0.189. The van der Waals surface area contributed by atoms with Crippen LogP contribution in [-0.4, -0.2) is 55.4 Å². The van der Waals surface area contributed by atoms with E-state index in [2.05, 4.69) is 21.8 Å². The number of imidazole rings is 1. The minimum absolute atomic E-state index is 0.0555. The van der Waals surface area contributed by atoms with Gasteiger partial charge in [-0.2, -0.15) is 10.2 Å². The van der Waals surface area contributed by atoms with E-state index in [-0.39, 0.29) is 36.9 Å². The third kappa shape index (κ3) is 5.25. The van der Waals surface area contributed by atoms with Gasteiger partial charge in [-0.25, -0.2) is 4.79 Å². The highest BCUT2D eigenvalue weighted by Gasteiger charge is 2.27. The van der Waals surface area contributed by atoms with Crippen LogP contribution in [0, 0.1) is 23.2 Å². The molecule has 1 unspecified atom stereocenters. The van der Waals surface area contributed by atoms with E-state index < -0.39 is 23.8 Å². The van der Waals surface area contributed by atoms with E-state index in [0.717, 1.165) is 22.0 Å². The van der Waals surface area contributed by atoms with Gasteiger partial charge in [-0.1, -0.05) is 5.92 Å². The second-order valence-corrected chi connectivity index (χ2v) is 8.66. The molecular formula is C25H28N8O4. The number of rotatable bonds is 7. The summed E-state index contributed by atoms with van der Waals surface area (Å²) < 4.78 is 8.93. The summed E-state index contributed by atoms with van der Waals surface area (Å²) in [6.07, 6.45) is 3.10. The van der Waals surface area contributed by atoms with Gasteiger partial charge in [0, 0.05) is 25.3 Å². The third-order valence-electron chi connectivity index (χ3n) is 6.12. The number of nitrogens with two attached hydrogens (primary N) is 1. The van der Waals surface area contributed by atoms with Gasteiger partial charge in [0.25, 0.3) is 5.56 Å². The van der Waals surface area contributed by atoms with E-state index in [1.54, 1.807) is 30.5 Å². The van der Waals surface area contributed by atoms with Crippen molar-refractivity contribution in [3.05, 3.63) is 50.4 Å². The molecule has 1 atom stereocenters. The molecular weight excluding hydrogens is 476 g/mol. The average Bonchev–Trinajstić information content (AvgIpc) is 3.28. The number of aromatic nitrogens is 5. The van der Waals surface area contributed by atoms with Gasteiger partial charge in [0.15, 0.2) is 11.2 Å². The molecule has 3 aromatic heterocycles. The summed E-state index contributed by atoms with van der Waals surface area (Å²) in [6, 6.07) is 5.06. The van der Waals surface area contributed by atoms with Crippen LogP contribution in [0.25, 0.3) is 11.2 Å². The number of nitrogens with zero attached hydrogens (tertiary/aromatic N) is 7. The van der Waals surface area contributed by atoms with Crippen LogP contribution in [0.15, 0.2) is 27.9 Å². The Kier molecular flexibility index (Phi) is 7.70. The minimum atomic E-state index is -0.718. The fraction of sp³-hybridized carbons (Fsp3) is 0.440. The topological polar surface area (TPSA) is 154 Å². The number of hydrogen-bond donors (Lipinski definition) is 1. The molecule has 0 aliphatic carbocycles. The number of piperidine rings is 1. The largest absolute Gasteiger partial charge is 0.465 e. The Morgan fingerprint density at radius 3 is 2.73 bits per heavy atom. The van der Waals surface area contributed by atoms with Crippen LogP contribution < -0.4 is 21.9 Å². The van der Waals surface area contributed by atoms with Gasteiger partial charge in [-0.15, -0.1) is 5.92 Å². The summed E-state index contributed by atoms with van der Waals surface area (Å²) in [4.78, 5) is 50.7. The smallest absolute Gasteiger partial charge is 0.333 e. The highest BCUT2D eigenvalue weighted by atomic mass is 16.5. The number of carbonyl (C=O) groups is 1. The molecule has 1 saturated heterocycles. The van der Waals surface area contributed by atoms with E-state index in [0.29, 0.717) is 30.3 Å². The lowest BCUT2D eigenvalue weighted by molar-refractivity contribution is -0.143. The Labute approximate surface area is 212 Å². The summed E-state index contributed by atoms with van der Waals surface area (Å²) in [7, 11) is 0. The van der Waals surface area contributed by atoms with E-state index in [1.807, 2.05) is 11.0 Å². The maximum Gasteiger partial charge on any atom is 0.333 e. The summed E-state index contributed by atoms with van der Waals surface area (Å²) >= 11 is 0. The molecule has 3 aromatic rings. The Morgan fingerprint density at radius 1 is 1.27 bits per heavy atom. The number of anilines is 1. The molecule has 192 valence electrons. The highest BCUT2D eigenvalue weighted by Crippen LogP contribution is 2.23. The summed E-state index contributed by atoms with van der Waals surface area (Å²) in [5, 5.41) is 9.04. The predicted molar refractivity (Wildman–Crippen MR) is 136 cm³/mol. The molecule has 2 N–H and O–H groups in total. The van der Waals surface area contributed by atoms with Crippen molar-refractivity contribution in [1.29, 1.82) is 5.26 Å². The molecule has 0 spiro atoms. The number of carbonyl (C=O) groups excluding carboxylic acids is 1. The molecule has 4 rings (SSSR count). The quantitative estimate of drug-likeness (QED) is 0.351. The van der Waals surface area contributed by atoms with Gasteiger partial charge < -0.3 is 15.4 Å². The molecule has 0 amide bonds. The van der Waals surface area contributed by atoms with Crippen LogP contribution >= 0.6 is 0 Å². The second-order valence-electron chi connectivity index (χ2n) is 8.66. The molecule has 0 bridgehead atoms. The molecule has 0 aromatic carbocycles. The van der Waals surface area contributed by atoms with Crippen LogP contribution in [0.4, 0.5) is 5.95 Å². The fourth-order valence-electron chi connectivity index (χ4n) is 4.38. The second kappa shape index (κ2) is 11.1. The van der Waals surface area contributed by atoms with Crippen molar-refractivity contribution in [2.45, 2.75) is 52.4 Å². The molecule has 4 heterocycles. The first-order chi connectivity index (χ1) is 17.9. The highest BCUT2D eigenvalue weighted by molar-refractivity contribution is 5.77. The van der Waals surface area contributed by atoms with Crippen molar-refractivity contribution in [3.8, 4) is 17.9 Å². The van der Waals surface area contributed by atoms with E-state index in [9.17, 15) is 14.4 Å². The zero-order valence-electron chi connectivity index (χ0n) is 20.8. The van der Waals surface area contributed by atoms with Crippen molar-refractivity contribution < 1.29 is 9.53 Å². The Balaban J connectivity index is 1.96. The molecule has 1 fully saturated rings. The van der Waals surface area contributed by atoms with Crippen LogP contribution in [0.3, 0.4) is 0 Å². The van der Waals surface area contributed by atoms with Crippen molar-refractivity contribution in [3.63, 3.8) is 0 Å². The Hall–Kier alpha value is -4.42. The van der Waals surface area contributed by atoms with Crippen LogP contribution in [-0.2, 0) is 29.2 Å². The van der Waals surface area contributed by atoms with E-state index in [4.69, 9.17) is 15.7 Å². The first-order valence-corrected chi connectivity index (χ1v) is 12.0. The minimum Gasteiger partial charge on any atom is -0.465 e. The van der Waals surface area contributed by atoms with Crippen LogP contribution in [0.5, 0.6) is 0 Å². The first kappa shape index (κ1) is 25.7. The Morgan fingerprint density at radius 2 is 2.08 bits per heavy atom. The standard InChI is InChI=1S/C25H28N8O4/c1-3-5-11-31-21-22(29-24(31)30-10-6-7-18(27)14-30)32(16-20(34)37-4-2)25(36)33(23(21)35)15-19-9-8-17(12-26)13-28-19/h8-9,13,18H,4,6-7,10-11,14-16,27H2,1-2H3. The molecule has 37 heavy (non-hydrogen) atoms. The van der Waals surface area contributed by atoms with E-state index >= 15 is 0 Å². The maximum absolute atomic E-state index is 13.8. The first-order valence-electron chi connectivity index (χ1n) is 12.0. The average molecular weight is 505 g/mol. The van der Waals surface area contributed by atoms with Crippen molar-refractivity contribution in [1.82, 2.24) is 23.7 Å². The monoisotopic (exact) mass is 504 g/mol. The summed E-state index contributed by atoms with van der Waals surface area (Å²) in [6.45, 7) is 4.32. The van der Waals surface area contributed by atoms with Gasteiger partial charge in [-0.3, -0.25) is 28.3 Å². The molecule has 1 aliphatic heterocycles. The third-order valence-corrected chi connectivity index (χ3v) is 6.12. The molecule has 0 radical (unpaired) electrons. The number of esters is 1.